The van der Waals surface area contributed by atoms with Gasteiger partial charge in [-0.15, -0.1) is 11.3 Å². The van der Waals surface area contributed by atoms with Crippen LogP contribution in [0.25, 0.3) is 0 Å². The van der Waals surface area contributed by atoms with Crippen LogP contribution in [0.3, 0.4) is 0 Å². The van der Waals surface area contributed by atoms with Crippen LogP contribution in [0.1, 0.15) is 30.4 Å². The third-order valence-corrected chi connectivity index (χ3v) is 2.71. The molecule has 1 aromatic rings. The Balaban J connectivity index is 2.81. The van der Waals surface area contributed by atoms with Gasteiger partial charge < -0.3 is 15.8 Å². The molecular formula is C10H16N2O2S. The van der Waals surface area contributed by atoms with Crippen molar-refractivity contribution in [2.75, 3.05) is 17.7 Å². The van der Waals surface area contributed by atoms with Gasteiger partial charge in [-0.1, -0.05) is 0 Å². The predicted molar refractivity (Wildman–Crippen MR) is 63.4 cm³/mol. The molecule has 0 aliphatic carbocycles. The van der Waals surface area contributed by atoms with Gasteiger partial charge in [0, 0.05) is 6.04 Å². The molecule has 0 aliphatic rings. The van der Waals surface area contributed by atoms with E-state index in [1.165, 1.54) is 11.3 Å². The zero-order valence-corrected chi connectivity index (χ0v) is 9.98. The number of nitrogens with two attached hydrogens (primary N) is 1. The summed E-state index contributed by atoms with van der Waals surface area (Å²) in [4.78, 5) is 11.9. The summed E-state index contributed by atoms with van der Waals surface area (Å²) in [6, 6.07) is 2.08. The van der Waals surface area contributed by atoms with E-state index in [4.69, 9.17) is 10.5 Å². The van der Waals surface area contributed by atoms with Crippen LogP contribution in [0, 0.1) is 0 Å². The summed E-state index contributed by atoms with van der Waals surface area (Å²) in [5.41, 5.74) is 6.19. The minimum Gasteiger partial charge on any atom is -0.462 e. The molecule has 0 atom stereocenters. The Hall–Kier alpha value is -1.23. The number of thiophene rings is 1. The van der Waals surface area contributed by atoms with Crippen molar-refractivity contribution in [3.8, 4) is 0 Å². The summed E-state index contributed by atoms with van der Waals surface area (Å²) in [5.74, 6) is -0.350. The highest BCUT2D eigenvalue weighted by Gasteiger charge is 2.15. The molecule has 0 amide bonds. The molecular weight excluding hydrogens is 212 g/mol. The molecule has 4 nitrogen and oxygen atoms in total. The first-order valence-electron chi connectivity index (χ1n) is 4.87. The number of nitrogen functional groups attached to an aromatic ring is 1. The topological polar surface area (TPSA) is 64.3 Å². The van der Waals surface area contributed by atoms with Gasteiger partial charge in [-0.25, -0.2) is 4.79 Å². The smallest absolute Gasteiger partial charge is 0.350 e. The van der Waals surface area contributed by atoms with Crippen molar-refractivity contribution < 1.29 is 9.53 Å². The van der Waals surface area contributed by atoms with Crippen LogP contribution in [0.15, 0.2) is 6.07 Å². The van der Waals surface area contributed by atoms with Gasteiger partial charge in [-0.2, -0.15) is 0 Å². The summed E-state index contributed by atoms with van der Waals surface area (Å²) in [7, 11) is 0. The molecule has 0 fully saturated rings. The highest BCUT2D eigenvalue weighted by atomic mass is 32.1. The molecule has 0 bridgehead atoms. The molecule has 1 aromatic heterocycles. The van der Waals surface area contributed by atoms with Crippen molar-refractivity contribution in [2.24, 2.45) is 0 Å². The molecule has 0 radical (unpaired) electrons. The van der Waals surface area contributed by atoms with Crippen LogP contribution in [0.5, 0.6) is 0 Å². The number of anilines is 2. The van der Waals surface area contributed by atoms with Crippen LogP contribution < -0.4 is 11.1 Å². The zero-order valence-electron chi connectivity index (χ0n) is 9.16. The van der Waals surface area contributed by atoms with E-state index in [-0.39, 0.29) is 5.97 Å². The van der Waals surface area contributed by atoms with Crippen molar-refractivity contribution in [3.05, 3.63) is 10.9 Å². The first kappa shape index (κ1) is 11.8. The van der Waals surface area contributed by atoms with Crippen LogP contribution in [-0.4, -0.2) is 18.6 Å². The lowest BCUT2D eigenvalue weighted by atomic mass is 10.3. The second-order valence-corrected chi connectivity index (χ2v) is 4.47. The van der Waals surface area contributed by atoms with E-state index < -0.39 is 0 Å². The summed E-state index contributed by atoms with van der Waals surface area (Å²) in [6.07, 6.45) is 0. The first-order valence-corrected chi connectivity index (χ1v) is 5.69. The predicted octanol–water partition coefficient (Wildman–Crippen LogP) is 2.33. The van der Waals surface area contributed by atoms with Gasteiger partial charge in [0.2, 0.25) is 0 Å². The Morgan fingerprint density at radius 2 is 2.33 bits per heavy atom. The van der Waals surface area contributed by atoms with Gasteiger partial charge in [0.1, 0.15) is 4.88 Å². The van der Waals surface area contributed by atoms with E-state index in [1.54, 1.807) is 13.0 Å². The van der Waals surface area contributed by atoms with E-state index in [2.05, 4.69) is 5.32 Å². The molecule has 1 heterocycles. The van der Waals surface area contributed by atoms with E-state index in [1.807, 2.05) is 13.8 Å². The maximum absolute atomic E-state index is 11.4. The molecule has 0 aliphatic heterocycles. The molecule has 15 heavy (non-hydrogen) atoms. The van der Waals surface area contributed by atoms with Crippen molar-refractivity contribution in [1.82, 2.24) is 0 Å². The molecule has 0 aromatic carbocycles. The average molecular weight is 228 g/mol. The number of carbonyl (C=O) groups excluding carboxylic acids is 1. The summed E-state index contributed by atoms with van der Waals surface area (Å²) in [5, 5.41) is 4.09. The summed E-state index contributed by atoms with van der Waals surface area (Å²) < 4.78 is 4.89. The highest BCUT2D eigenvalue weighted by Crippen LogP contribution is 2.30. The maximum atomic E-state index is 11.4. The maximum Gasteiger partial charge on any atom is 0.350 e. The standard InChI is InChI=1S/C10H16N2O2S/c1-4-14-10(13)9-7(11)5-8(15-9)12-6(2)3/h5-6,12H,4,11H2,1-3H3. The molecule has 0 unspecified atom stereocenters. The van der Waals surface area contributed by atoms with E-state index in [9.17, 15) is 4.79 Å². The van der Waals surface area contributed by atoms with Gasteiger partial charge in [0.15, 0.2) is 0 Å². The normalized spacial score (nSPS) is 10.4. The number of rotatable bonds is 4. The monoisotopic (exact) mass is 228 g/mol. The van der Waals surface area contributed by atoms with Crippen molar-refractivity contribution in [1.29, 1.82) is 0 Å². The second kappa shape index (κ2) is 5.02. The Morgan fingerprint density at radius 3 is 2.87 bits per heavy atom. The summed E-state index contributed by atoms with van der Waals surface area (Å²) in [6.45, 7) is 6.19. The van der Waals surface area contributed by atoms with Crippen LogP contribution in [-0.2, 0) is 4.74 Å². The van der Waals surface area contributed by atoms with E-state index >= 15 is 0 Å². The lowest BCUT2D eigenvalue weighted by molar-refractivity contribution is 0.0533. The average Bonchev–Trinajstić information content (AvgIpc) is 2.46. The molecule has 0 saturated carbocycles. The van der Waals surface area contributed by atoms with E-state index in [0.717, 1.165) is 5.00 Å². The van der Waals surface area contributed by atoms with Crippen molar-refractivity contribution in [3.63, 3.8) is 0 Å². The zero-order chi connectivity index (χ0) is 11.4. The minimum absolute atomic E-state index is 0.318. The minimum atomic E-state index is -0.350. The van der Waals surface area contributed by atoms with Crippen LogP contribution in [0.2, 0.25) is 0 Å². The fourth-order valence-electron chi connectivity index (χ4n) is 1.12. The Labute approximate surface area is 93.4 Å². The lowest BCUT2D eigenvalue weighted by Gasteiger charge is -2.05. The van der Waals surface area contributed by atoms with Gasteiger partial charge in [0.25, 0.3) is 0 Å². The molecule has 3 N–H and O–H groups in total. The highest BCUT2D eigenvalue weighted by molar-refractivity contribution is 7.18. The van der Waals surface area contributed by atoms with E-state index in [0.29, 0.717) is 23.2 Å². The van der Waals surface area contributed by atoms with Gasteiger partial charge >= 0.3 is 5.97 Å². The number of nitrogens with one attached hydrogen (secondary N) is 1. The Kier molecular flexibility index (Phi) is 3.96. The number of ether oxygens (including phenoxy) is 1. The number of hydrogen-bond donors (Lipinski definition) is 2. The third-order valence-electron chi connectivity index (χ3n) is 1.65. The number of hydrogen-bond acceptors (Lipinski definition) is 5. The number of esters is 1. The molecule has 0 saturated heterocycles. The third kappa shape index (κ3) is 3.13. The van der Waals surface area contributed by atoms with Gasteiger partial charge in [-0.05, 0) is 26.8 Å². The SMILES string of the molecule is CCOC(=O)c1sc(NC(C)C)cc1N. The number of carbonyl (C=O) groups is 1. The quantitative estimate of drug-likeness (QED) is 0.776. The Bertz CT molecular complexity index is 347. The second-order valence-electron chi connectivity index (χ2n) is 3.41. The Morgan fingerprint density at radius 1 is 1.67 bits per heavy atom. The first-order chi connectivity index (χ1) is 7.04. The van der Waals surface area contributed by atoms with Gasteiger partial charge in [-0.3, -0.25) is 0 Å². The molecule has 5 heteroatoms. The van der Waals surface area contributed by atoms with Gasteiger partial charge in [0.05, 0.1) is 17.3 Å². The fraction of sp³-hybridized carbons (Fsp3) is 0.500. The summed E-state index contributed by atoms with van der Waals surface area (Å²) >= 11 is 1.33. The molecule has 84 valence electrons. The molecule has 0 spiro atoms. The van der Waals surface area contributed by atoms with Crippen LogP contribution >= 0.6 is 11.3 Å². The molecule has 1 rings (SSSR count). The van der Waals surface area contributed by atoms with Crippen molar-refractivity contribution >= 4 is 28.0 Å². The van der Waals surface area contributed by atoms with Crippen LogP contribution in [0.4, 0.5) is 10.7 Å². The van der Waals surface area contributed by atoms with Crippen molar-refractivity contribution in [2.45, 2.75) is 26.8 Å². The lowest BCUT2D eigenvalue weighted by Crippen LogP contribution is -2.07. The largest absolute Gasteiger partial charge is 0.462 e. The fourth-order valence-corrected chi connectivity index (χ4v) is 2.14.